The highest BCUT2D eigenvalue weighted by atomic mass is 19.1. The van der Waals surface area contributed by atoms with Gasteiger partial charge in [0.05, 0.1) is 0 Å². The van der Waals surface area contributed by atoms with E-state index in [0.29, 0.717) is 29.1 Å². The number of benzene rings is 2. The summed E-state index contributed by atoms with van der Waals surface area (Å²) in [5.74, 6) is -0.288. The average Bonchev–Trinajstić information content (AvgIpc) is 2.96. The lowest BCUT2D eigenvalue weighted by atomic mass is 10.1. The molecule has 0 aliphatic heterocycles. The molecular weight excluding hydrogens is 307 g/mol. The van der Waals surface area contributed by atoms with Crippen molar-refractivity contribution in [2.75, 3.05) is 0 Å². The van der Waals surface area contributed by atoms with Crippen molar-refractivity contribution in [2.24, 2.45) is 0 Å². The summed E-state index contributed by atoms with van der Waals surface area (Å²) in [4.78, 5) is 12.5. The Balaban J connectivity index is 1.82. The van der Waals surface area contributed by atoms with E-state index >= 15 is 0 Å². The molecule has 1 N–H and O–H groups in total. The van der Waals surface area contributed by atoms with Gasteiger partial charge in [-0.1, -0.05) is 47.1 Å². The fourth-order valence-corrected chi connectivity index (χ4v) is 2.45. The van der Waals surface area contributed by atoms with Crippen LogP contribution >= 0.6 is 0 Å². The minimum Gasteiger partial charge on any atom is -0.360 e. The van der Waals surface area contributed by atoms with Crippen molar-refractivity contribution < 1.29 is 13.7 Å². The van der Waals surface area contributed by atoms with Crippen LogP contribution in [0.5, 0.6) is 0 Å². The van der Waals surface area contributed by atoms with Gasteiger partial charge in [0.15, 0.2) is 0 Å². The largest absolute Gasteiger partial charge is 0.360 e. The maximum atomic E-state index is 13.4. The predicted octanol–water partition coefficient (Wildman–Crippen LogP) is 4.03. The van der Waals surface area contributed by atoms with Gasteiger partial charge in [0.2, 0.25) is 0 Å². The van der Waals surface area contributed by atoms with Gasteiger partial charge in [0.25, 0.3) is 5.91 Å². The zero-order valence-electron chi connectivity index (χ0n) is 13.5. The van der Waals surface area contributed by atoms with Crippen LogP contribution in [0.15, 0.2) is 53.1 Å². The normalized spacial score (nSPS) is 10.6. The molecule has 3 rings (SSSR count). The molecule has 0 fully saturated rings. The maximum Gasteiger partial charge on any atom is 0.257 e. The average molecular weight is 324 g/mol. The third-order valence-corrected chi connectivity index (χ3v) is 3.76. The summed E-state index contributed by atoms with van der Waals surface area (Å²) < 4.78 is 18.6. The molecule has 0 spiro atoms. The van der Waals surface area contributed by atoms with Gasteiger partial charge < -0.3 is 9.84 Å². The summed E-state index contributed by atoms with van der Waals surface area (Å²) in [6.45, 7) is 4.07. The first-order valence-corrected chi connectivity index (χ1v) is 7.60. The second kappa shape index (κ2) is 6.66. The summed E-state index contributed by atoms with van der Waals surface area (Å²) in [6, 6.07) is 13.8. The fourth-order valence-electron chi connectivity index (χ4n) is 2.45. The van der Waals surface area contributed by atoms with Crippen LogP contribution in [0.25, 0.3) is 11.3 Å². The highest BCUT2D eigenvalue weighted by molar-refractivity contribution is 6.00. The Morgan fingerprint density at radius 1 is 1.17 bits per heavy atom. The molecule has 3 aromatic rings. The Morgan fingerprint density at radius 3 is 2.62 bits per heavy atom. The molecule has 0 saturated heterocycles. The molecule has 0 unspecified atom stereocenters. The van der Waals surface area contributed by atoms with Gasteiger partial charge in [-0.2, -0.15) is 0 Å². The van der Waals surface area contributed by atoms with E-state index in [9.17, 15) is 9.18 Å². The summed E-state index contributed by atoms with van der Waals surface area (Å²) in [6.07, 6.45) is 0. The first kappa shape index (κ1) is 15.9. The number of carbonyl (C=O) groups excluding carboxylic acids is 1. The molecule has 122 valence electrons. The van der Waals surface area contributed by atoms with E-state index in [1.165, 1.54) is 12.1 Å². The molecule has 0 radical (unpaired) electrons. The number of hydrogen-bond donors (Lipinski definition) is 1. The van der Waals surface area contributed by atoms with Crippen LogP contribution in [0, 0.1) is 19.7 Å². The highest BCUT2D eigenvalue weighted by Crippen LogP contribution is 2.25. The SMILES string of the molecule is Cc1ccc(CNC(=O)c2c(-c3cccc(F)c3)noc2C)cc1. The Morgan fingerprint density at radius 2 is 1.92 bits per heavy atom. The number of hydrogen-bond acceptors (Lipinski definition) is 3. The lowest BCUT2D eigenvalue weighted by Gasteiger charge is -2.06. The number of nitrogens with zero attached hydrogens (tertiary/aromatic N) is 1. The van der Waals surface area contributed by atoms with Gasteiger partial charge in [-0.25, -0.2) is 4.39 Å². The molecule has 1 heterocycles. The molecule has 0 bridgehead atoms. The van der Waals surface area contributed by atoms with Gasteiger partial charge in [-0.3, -0.25) is 4.79 Å². The smallest absolute Gasteiger partial charge is 0.257 e. The van der Waals surface area contributed by atoms with Crippen molar-refractivity contribution >= 4 is 5.91 Å². The maximum absolute atomic E-state index is 13.4. The fraction of sp³-hybridized carbons (Fsp3) is 0.158. The van der Waals surface area contributed by atoms with Gasteiger partial charge in [-0.15, -0.1) is 0 Å². The Kier molecular flexibility index (Phi) is 4.42. The van der Waals surface area contributed by atoms with E-state index in [0.717, 1.165) is 11.1 Å². The van der Waals surface area contributed by atoms with Gasteiger partial charge >= 0.3 is 0 Å². The first-order chi connectivity index (χ1) is 11.5. The van der Waals surface area contributed by atoms with Crippen LogP contribution in [0.2, 0.25) is 0 Å². The number of amides is 1. The van der Waals surface area contributed by atoms with E-state index in [4.69, 9.17) is 4.52 Å². The first-order valence-electron chi connectivity index (χ1n) is 7.60. The van der Waals surface area contributed by atoms with Crippen molar-refractivity contribution in [3.63, 3.8) is 0 Å². The van der Waals surface area contributed by atoms with Crippen LogP contribution in [0.4, 0.5) is 4.39 Å². The quantitative estimate of drug-likeness (QED) is 0.788. The van der Waals surface area contributed by atoms with Crippen LogP contribution in [0.1, 0.15) is 27.2 Å². The topological polar surface area (TPSA) is 55.1 Å². The van der Waals surface area contributed by atoms with Crippen LogP contribution in [0.3, 0.4) is 0 Å². The lowest BCUT2D eigenvalue weighted by molar-refractivity contribution is 0.0950. The standard InChI is InChI=1S/C19H17FN2O2/c1-12-6-8-14(9-7-12)11-21-19(23)17-13(2)24-22-18(17)15-4-3-5-16(20)10-15/h3-10H,11H2,1-2H3,(H,21,23). The molecule has 0 aliphatic rings. The predicted molar refractivity (Wildman–Crippen MR) is 89.0 cm³/mol. The van der Waals surface area contributed by atoms with Crippen LogP contribution < -0.4 is 5.32 Å². The second-order valence-electron chi connectivity index (χ2n) is 5.64. The van der Waals surface area contributed by atoms with Crippen molar-refractivity contribution in [1.82, 2.24) is 10.5 Å². The van der Waals surface area contributed by atoms with E-state index in [2.05, 4.69) is 10.5 Å². The molecule has 1 aromatic heterocycles. The molecule has 4 nitrogen and oxygen atoms in total. The number of aryl methyl sites for hydroxylation is 2. The molecule has 1 amide bonds. The van der Waals surface area contributed by atoms with Crippen LogP contribution in [-0.4, -0.2) is 11.1 Å². The van der Waals surface area contributed by atoms with E-state index in [1.807, 2.05) is 31.2 Å². The monoisotopic (exact) mass is 324 g/mol. The number of aromatic nitrogens is 1. The number of nitrogens with one attached hydrogen (secondary N) is 1. The third kappa shape index (κ3) is 3.35. The van der Waals surface area contributed by atoms with Crippen molar-refractivity contribution in [1.29, 1.82) is 0 Å². The molecular formula is C19H17FN2O2. The molecule has 24 heavy (non-hydrogen) atoms. The highest BCUT2D eigenvalue weighted by Gasteiger charge is 2.21. The number of rotatable bonds is 4. The third-order valence-electron chi connectivity index (χ3n) is 3.76. The van der Waals surface area contributed by atoms with Crippen LogP contribution in [-0.2, 0) is 6.54 Å². The summed E-state index contributed by atoms with van der Waals surface area (Å²) >= 11 is 0. The van der Waals surface area contributed by atoms with E-state index < -0.39 is 0 Å². The zero-order chi connectivity index (χ0) is 17.1. The molecule has 0 saturated carbocycles. The van der Waals surface area contributed by atoms with Gasteiger partial charge in [-0.05, 0) is 31.5 Å². The summed E-state index contributed by atoms with van der Waals surface area (Å²) in [5.41, 5.74) is 3.33. The van der Waals surface area contributed by atoms with E-state index in [-0.39, 0.29) is 11.7 Å². The lowest BCUT2D eigenvalue weighted by Crippen LogP contribution is -2.23. The molecule has 2 aromatic carbocycles. The zero-order valence-corrected chi connectivity index (χ0v) is 13.5. The molecule has 5 heteroatoms. The molecule has 0 atom stereocenters. The number of halogens is 1. The van der Waals surface area contributed by atoms with Crippen molar-refractivity contribution in [3.05, 3.63) is 76.8 Å². The second-order valence-corrected chi connectivity index (χ2v) is 5.64. The summed E-state index contributed by atoms with van der Waals surface area (Å²) in [5, 5.41) is 6.77. The van der Waals surface area contributed by atoms with Crippen molar-refractivity contribution in [3.8, 4) is 11.3 Å². The summed E-state index contributed by atoms with van der Waals surface area (Å²) in [7, 11) is 0. The minimum atomic E-state index is -0.390. The Bertz CT molecular complexity index is 869. The Labute approximate surface area is 139 Å². The Hall–Kier alpha value is -2.95. The van der Waals surface area contributed by atoms with Crippen molar-refractivity contribution in [2.45, 2.75) is 20.4 Å². The number of carbonyl (C=O) groups is 1. The van der Waals surface area contributed by atoms with Gasteiger partial charge in [0.1, 0.15) is 22.8 Å². The van der Waals surface area contributed by atoms with Gasteiger partial charge in [0, 0.05) is 12.1 Å². The van der Waals surface area contributed by atoms with E-state index in [1.54, 1.807) is 19.1 Å². The minimum absolute atomic E-state index is 0.298. The molecule has 0 aliphatic carbocycles.